The van der Waals surface area contributed by atoms with E-state index in [1.54, 1.807) is 31.3 Å². The average Bonchev–Trinajstić information content (AvgIpc) is 2.88. The van der Waals surface area contributed by atoms with E-state index in [9.17, 15) is 9.59 Å². The second-order valence-electron chi connectivity index (χ2n) is 6.09. The second-order valence-corrected chi connectivity index (χ2v) is 8.58. The summed E-state index contributed by atoms with van der Waals surface area (Å²) in [7, 11) is 1.67. The van der Waals surface area contributed by atoms with E-state index in [1.807, 2.05) is 25.1 Å². The fourth-order valence-electron chi connectivity index (χ4n) is 2.52. The van der Waals surface area contributed by atoms with Crippen molar-refractivity contribution in [3.8, 4) is 0 Å². The molecule has 1 saturated heterocycles. The van der Waals surface area contributed by atoms with Crippen LogP contribution in [0.4, 0.5) is 11.4 Å². The lowest BCUT2D eigenvalue weighted by atomic mass is 10.2. The molecular formula is C19H17BrClN3O2S. The smallest absolute Gasteiger partial charge is 0.242 e. The molecule has 2 aromatic carbocycles. The van der Waals surface area contributed by atoms with Crippen molar-refractivity contribution in [2.24, 2.45) is 4.99 Å². The zero-order valence-corrected chi connectivity index (χ0v) is 17.9. The van der Waals surface area contributed by atoms with Gasteiger partial charge in [-0.3, -0.25) is 14.5 Å². The molecule has 1 heterocycles. The summed E-state index contributed by atoms with van der Waals surface area (Å²) < 4.78 is 0.932. The minimum Gasteiger partial charge on any atom is -0.326 e. The van der Waals surface area contributed by atoms with Gasteiger partial charge in [0.2, 0.25) is 11.8 Å². The van der Waals surface area contributed by atoms with Gasteiger partial charge in [0, 0.05) is 28.7 Å². The first-order valence-corrected chi connectivity index (χ1v) is 10.2. The van der Waals surface area contributed by atoms with Crippen LogP contribution < -0.4 is 5.32 Å². The molecule has 1 fully saturated rings. The van der Waals surface area contributed by atoms with Gasteiger partial charge in [-0.15, -0.1) is 0 Å². The Labute approximate surface area is 175 Å². The van der Waals surface area contributed by atoms with Crippen molar-refractivity contribution in [2.75, 3.05) is 12.4 Å². The third kappa shape index (κ3) is 4.91. The van der Waals surface area contributed by atoms with Gasteiger partial charge in [0.25, 0.3) is 0 Å². The highest BCUT2D eigenvalue weighted by atomic mass is 79.9. The third-order valence-electron chi connectivity index (χ3n) is 4.01. The quantitative estimate of drug-likeness (QED) is 0.689. The standard InChI is InChI=1S/C19H17BrClN3O2S/c1-11-9-14(7-8-15(11)21)23-19-24(2)18(26)16(27-19)10-17(25)22-13-5-3-12(20)4-6-13/h3-9,16H,10H2,1-2H3,(H,22,25)/t16-/m0/s1. The SMILES string of the molecule is Cc1cc(N=C2S[C@@H](CC(=O)Nc3ccc(Br)cc3)C(=O)N2C)ccc1Cl. The van der Waals surface area contributed by atoms with Gasteiger partial charge in [-0.2, -0.15) is 0 Å². The Morgan fingerprint density at radius 2 is 2.00 bits per heavy atom. The first kappa shape index (κ1) is 19.9. The predicted molar refractivity (Wildman–Crippen MR) is 115 cm³/mol. The van der Waals surface area contributed by atoms with Crippen molar-refractivity contribution >= 4 is 67.6 Å². The lowest BCUT2D eigenvalue weighted by molar-refractivity contribution is -0.127. The summed E-state index contributed by atoms with van der Waals surface area (Å²) in [5.74, 6) is -0.337. The molecule has 0 unspecified atom stereocenters. The van der Waals surface area contributed by atoms with E-state index in [2.05, 4.69) is 26.2 Å². The van der Waals surface area contributed by atoms with Crippen molar-refractivity contribution in [1.29, 1.82) is 0 Å². The number of hydrogen-bond acceptors (Lipinski definition) is 4. The van der Waals surface area contributed by atoms with E-state index in [4.69, 9.17) is 11.6 Å². The van der Waals surface area contributed by atoms with Crippen LogP contribution in [0.3, 0.4) is 0 Å². The van der Waals surface area contributed by atoms with Gasteiger partial charge < -0.3 is 5.32 Å². The molecule has 1 aliphatic rings. The van der Waals surface area contributed by atoms with Crippen LogP contribution in [0.5, 0.6) is 0 Å². The van der Waals surface area contributed by atoms with Gasteiger partial charge in [-0.25, -0.2) is 4.99 Å². The Morgan fingerprint density at radius 1 is 1.30 bits per heavy atom. The van der Waals surface area contributed by atoms with Crippen molar-refractivity contribution in [2.45, 2.75) is 18.6 Å². The number of carbonyl (C=O) groups excluding carboxylic acids is 2. The molecule has 0 aromatic heterocycles. The largest absolute Gasteiger partial charge is 0.326 e. The van der Waals surface area contributed by atoms with Crippen molar-refractivity contribution in [3.63, 3.8) is 0 Å². The van der Waals surface area contributed by atoms with Gasteiger partial charge in [0.1, 0.15) is 5.25 Å². The summed E-state index contributed by atoms with van der Waals surface area (Å²) >= 11 is 10.7. The zero-order chi connectivity index (χ0) is 19.6. The normalized spacial score (nSPS) is 18.2. The molecule has 1 aliphatic heterocycles. The maximum atomic E-state index is 12.5. The first-order valence-electron chi connectivity index (χ1n) is 8.18. The molecule has 27 heavy (non-hydrogen) atoms. The van der Waals surface area contributed by atoms with Crippen LogP contribution in [0.15, 0.2) is 51.9 Å². The highest BCUT2D eigenvalue weighted by molar-refractivity contribution is 9.10. The topological polar surface area (TPSA) is 61.8 Å². The average molecular weight is 467 g/mol. The molecule has 1 N–H and O–H groups in total. The number of nitrogens with one attached hydrogen (secondary N) is 1. The van der Waals surface area contributed by atoms with Gasteiger partial charge in [0.05, 0.1) is 5.69 Å². The van der Waals surface area contributed by atoms with E-state index in [0.29, 0.717) is 15.9 Å². The Morgan fingerprint density at radius 3 is 2.67 bits per heavy atom. The predicted octanol–water partition coefficient (Wildman–Crippen LogP) is 5.00. The summed E-state index contributed by atoms with van der Waals surface area (Å²) in [5, 5.41) is 3.57. The highest BCUT2D eigenvalue weighted by Crippen LogP contribution is 2.31. The van der Waals surface area contributed by atoms with E-state index >= 15 is 0 Å². The molecule has 2 aromatic rings. The molecule has 1 atom stereocenters. The molecule has 5 nitrogen and oxygen atoms in total. The van der Waals surface area contributed by atoms with Crippen LogP contribution in [0.2, 0.25) is 5.02 Å². The maximum absolute atomic E-state index is 12.5. The summed E-state index contributed by atoms with van der Waals surface area (Å²) in [6.07, 6.45) is 0.0859. The number of aryl methyl sites for hydroxylation is 1. The number of anilines is 1. The van der Waals surface area contributed by atoms with Crippen molar-refractivity contribution in [1.82, 2.24) is 4.90 Å². The number of rotatable bonds is 4. The van der Waals surface area contributed by atoms with E-state index in [-0.39, 0.29) is 18.2 Å². The van der Waals surface area contributed by atoms with E-state index in [0.717, 1.165) is 15.7 Å². The van der Waals surface area contributed by atoms with Crippen LogP contribution in [0.1, 0.15) is 12.0 Å². The molecule has 0 saturated carbocycles. The fraction of sp³-hybridized carbons (Fsp3) is 0.211. The Hall–Kier alpha value is -1.83. The molecule has 0 radical (unpaired) electrons. The Bertz CT molecular complexity index is 918. The van der Waals surface area contributed by atoms with Gasteiger partial charge in [0.15, 0.2) is 5.17 Å². The van der Waals surface area contributed by atoms with Crippen LogP contribution >= 0.6 is 39.3 Å². The van der Waals surface area contributed by atoms with Gasteiger partial charge in [-0.05, 0) is 55.0 Å². The van der Waals surface area contributed by atoms with Gasteiger partial charge >= 0.3 is 0 Å². The number of amidine groups is 1. The molecule has 0 bridgehead atoms. The number of carbonyl (C=O) groups is 2. The number of halogens is 2. The van der Waals surface area contributed by atoms with E-state index < -0.39 is 5.25 Å². The monoisotopic (exact) mass is 465 g/mol. The number of benzene rings is 2. The molecule has 2 amide bonds. The molecule has 8 heteroatoms. The molecule has 3 rings (SSSR count). The number of thioether (sulfide) groups is 1. The van der Waals surface area contributed by atoms with Crippen LogP contribution in [0, 0.1) is 6.92 Å². The highest BCUT2D eigenvalue weighted by Gasteiger charge is 2.37. The fourth-order valence-corrected chi connectivity index (χ4v) is 4.06. The van der Waals surface area contributed by atoms with Crippen molar-refractivity contribution in [3.05, 3.63) is 57.5 Å². The lowest BCUT2D eigenvalue weighted by Crippen LogP contribution is -2.30. The van der Waals surface area contributed by atoms with Crippen LogP contribution in [-0.2, 0) is 9.59 Å². The number of hydrogen-bond donors (Lipinski definition) is 1. The van der Waals surface area contributed by atoms with Crippen molar-refractivity contribution < 1.29 is 9.59 Å². The molecular weight excluding hydrogens is 450 g/mol. The minimum atomic E-state index is -0.488. The second kappa shape index (κ2) is 8.46. The summed E-state index contributed by atoms with van der Waals surface area (Å²) in [6, 6.07) is 12.7. The van der Waals surface area contributed by atoms with Crippen LogP contribution in [-0.4, -0.2) is 34.2 Å². The third-order valence-corrected chi connectivity index (χ3v) is 6.19. The van der Waals surface area contributed by atoms with E-state index in [1.165, 1.54) is 16.7 Å². The summed E-state index contributed by atoms with van der Waals surface area (Å²) in [4.78, 5) is 30.8. The zero-order valence-electron chi connectivity index (χ0n) is 14.7. The Balaban J connectivity index is 1.67. The lowest BCUT2D eigenvalue weighted by Gasteiger charge is -2.09. The number of amides is 2. The number of aliphatic imine (C=N–C) groups is 1. The molecule has 0 aliphatic carbocycles. The first-order chi connectivity index (χ1) is 12.8. The Kier molecular flexibility index (Phi) is 6.24. The van der Waals surface area contributed by atoms with Crippen LogP contribution in [0.25, 0.3) is 0 Å². The molecule has 0 spiro atoms. The molecule has 140 valence electrons. The summed E-state index contributed by atoms with van der Waals surface area (Å²) in [5.41, 5.74) is 2.33. The summed E-state index contributed by atoms with van der Waals surface area (Å²) in [6.45, 7) is 1.90. The minimum absolute atomic E-state index is 0.0859. The maximum Gasteiger partial charge on any atom is 0.242 e. The number of nitrogens with zero attached hydrogens (tertiary/aromatic N) is 2. The van der Waals surface area contributed by atoms with Gasteiger partial charge in [-0.1, -0.05) is 39.3 Å².